The molecule has 0 aliphatic carbocycles. The quantitative estimate of drug-likeness (QED) is 0.722. The standard InChI is InChI=1S/C6H7N5O3/c1-12-2-3-8-6(13-9-3)4-5(7)11-14-10-4/h2H2,1H3,(H2,7,11). The van der Waals surface area contributed by atoms with Crippen LogP contribution in [0.25, 0.3) is 11.6 Å². The molecule has 0 spiro atoms. The fourth-order valence-electron chi connectivity index (χ4n) is 0.882. The highest BCUT2D eigenvalue weighted by atomic mass is 16.6. The zero-order valence-corrected chi connectivity index (χ0v) is 7.30. The minimum absolute atomic E-state index is 0.109. The Morgan fingerprint density at radius 1 is 1.36 bits per heavy atom. The van der Waals surface area contributed by atoms with Crippen molar-refractivity contribution < 1.29 is 13.9 Å². The van der Waals surface area contributed by atoms with Crippen molar-refractivity contribution in [3.8, 4) is 11.6 Å². The first-order valence-electron chi connectivity index (χ1n) is 3.71. The minimum Gasteiger partial charge on any atom is -0.379 e. The molecule has 0 saturated carbocycles. The first-order chi connectivity index (χ1) is 6.81. The molecule has 8 nitrogen and oxygen atoms in total. The topological polar surface area (TPSA) is 113 Å². The molecule has 0 amide bonds. The van der Waals surface area contributed by atoms with E-state index in [-0.39, 0.29) is 24.0 Å². The van der Waals surface area contributed by atoms with Gasteiger partial charge in [0.15, 0.2) is 5.82 Å². The zero-order chi connectivity index (χ0) is 9.97. The third kappa shape index (κ3) is 1.42. The summed E-state index contributed by atoms with van der Waals surface area (Å²) in [5.74, 6) is 0.679. The number of hydrogen-bond donors (Lipinski definition) is 1. The summed E-state index contributed by atoms with van der Waals surface area (Å²) in [6.07, 6.45) is 0. The maximum Gasteiger partial charge on any atom is 0.284 e. The number of hydrogen-bond acceptors (Lipinski definition) is 8. The molecule has 0 fully saturated rings. The monoisotopic (exact) mass is 197 g/mol. The fraction of sp³-hybridized carbons (Fsp3) is 0.333. The average molecular weight is 197 g/mol. The second kappa shape index (κ2) is 3.42. The normalized spacial score (nSPS) is 10.6. The predicted octanol–water partition coefficient (Wildman–Crippen LogP) is -0.152. The number of aromatic nitrogens is 4. The van der Waals surface area contributed by atoms with Gasteiger partial charge < -0.3 is 15.0 Å². The molecule has 0 aliphatic heterocycles. The molecular weight excluding hydrogens is 190 g/mol. The lowest BCUT2D eigenvalue weighted by atomic mass is 10.4. The summed E-state index contributed by atoms with van der Waals surface area (Å²) in [5, 5.41) is 10.5. The van der Waals surface area contributed by atoms with E-state index in [1.54, 1.807) is 0 Å². The zero-order valence-electron chi connectivity index (χ0n) is 7.30. The van der Waals surface area contributed by atoms with E-state index in [2.05, 4.69) is 25.1 Å². The maximum atomic E-state index is 5.43. The van der Waals surface area contributed by atoms with Crippen LogP contribution in [-0.2, 0) is 11.3 Å². The average Bonchev–Trinajstić information content (AvgIpc) is 2.74. The molecule has 74 valence electrons. The van der Waals surface area contributed by atoms with Crippen molar-refractivity contribution in [2.75, 3.05) is 12.8 Å². The summed E-state index contributed by atoms with van der Waals surface area (Å²) in [4.78, 5) is 3.96. The molecule has 14 heavy (non-hydrogen) atoms. The van der Waals surface area contributed by atoms with Crippen molar-refractivity contribution in [3.05, 3.63) is 5.82 Å². The van der Waals surface area contributed by atoms with Crippen LogP contribution in [-0.4, -0.2) is 27.6 Å². The Labute approximate surface area is 78.0 Å². The molecular formula is C6H7N5O3. The van der Waals surface area contributed by atoms with Crippen LogP contribution in [0.15, 0.2) is 9.15 Å². The lowest BCUT2D eigenvalue weighted by Gasteiger charge is -1.86. The number of anilines is 1. The first-order valence-corrected chi connectivity index (χ1v) is 3.71. The van der Waals surface area contributed by atoms with Crippen LogP contribution in [0.3, 0.4) is 0 Å². The van der Waals surface area contributed by atoms with Crippen LogP contribution in [0, 0.1) is 0 Å². The molecule has 2 aromatic heterocycles. The molecule has 0 aliphatic rings. The van der Waals surface area contributed by atoms with Gasteiger partial charge in [0.25, 0.3) is 5.89 Å². The first kappa shape index (κ1) is 8.63. The highest BCUT2D eigenvalue weighted by molar-refractivity contribution is 5.60. The van der Waals surface area contributed by atoms with Gasteiger partial charge in [0, 0.05) is 7.11 Å². The van der Waals surface area contributed by atoms with Crippen molar-refractivity contribution in [1.82, 2.24) is 20.5 Å². The largest absolute Gasteiger partial charge is 0.379 e. The fourth-order valence-corrected chi connectivity index (χ4v) is 0.882. The van der Waals surface area contributed by atoms with Gasteiger partial charge in [-0.15, -0.1) is 0 Å². The summed E-state index contributed by atoms with van der Waals surface area (Å²) >= 11 is 0. The summed E-state index contributed by atoms with van der Waals surface area (Å²) < 4.78 is 14.1. The summed E-state index contributed by atoms with van der Waals surface area (Å²) in [5.41, 5.74) is 5.67. The summed E-state index contributed by atoms with van der Waals surface area (Å²) in [6, 6.07) is 0. The van der Waals surface area contributed by atoms with Gasteiger partial charge in [0.1, 0.15) is 6.61 Å². The SMILES string of the molecule is COCc1noc(-c2nonc2N)n1. The van der Waals surface area contributed by atoms with E-state index in [4.69, 9.17) is 15.0 Å². The number of nitrogen functional groups attached to an aromatic ring is 1. The Bertz CT molecular complexity index is 423. The van der Waals surface area contributed by atoms with Crippen molar-refractivity contribution in [1.29, 1.82) is 0 Å². The second-order valence-electron chi connectivity index (χ2n) is 2.45. The Morgan fingerprint density at radius 2 is 2.21 bits per heavy atom. The van der Waals surface area contributed by atoms with Gasteiger partial charge in [-0.1, -0.05) is 5.16 Å². The molecule has 0 aromatic carbocycles. The van der Waals surface area contributed by atoms with Gasteiger partial charge >= 0.3 is 0 Å². The Morgan fingerprint density at radius 3 is 2.86 bits per heavy atom. The second-order valence-corrected chi connectivity index (χ2v) is 2.45. The number of nitrogens with zero attached hydrogens (tertiary/aromatic N) is 4. The van der Waals surface area contributed by atoms with E-state index in [0.717, 1.165) is 0 Å². The number of methoxy groups -OCH3 is 1. The predicted molar refractivity (Wildman–Crippen MR) is 42.7 cm³/mol. The molecule has 0 atom stereocenters. The summed E-state index contributed by atoms with van der Waals surface area (Å²) in [7, 11) is 1.53. The van der Waals surface area contributed by atoms with Crippen molar-refractivity contribution in [2.24, 2.45) is 0 Å². The molecule has 8 heteroatoms. The molecule has 0 saturated heterocycles. The van der Waals surface area contributed by atoms with Gasteiger partial charge in [-0.3, -0.25) is 0 Å². The van der Waals surface area contributed by atoms with Crippen molar-refractivity contribution >= 4 is 5.82 Å². The van der Waals surface area contributed by atoms with E-state index in [0.29, 0.717) is 5.82 Å². The molecule has 0 bridgehead atoms. The number of rotatable bonds is 3. The van der Waals surface area contributed by atoms with E-state index in [9.17, 15) is 0 Å². The minimum atomic E-state index is 0.109. The third-order valence-corrected chi connectivity index (χ3v) is 1.46. The Hall–Kier alpha value is -1.96. The van der Waals surface area contributed by atoms with E-state index in [1.165, 1.54) is 7.11 Å². The van der Waals surface area contributed by atoms with Crippen LogP contribution >= 0.6 is 0 Å². The highest BCUT2D eigenvalue weighted by Gasteiger charge is 2.16. The smallest absolute Gasteiger partial charge is 0.284 e. The highest BCUT2D eigenvalue weighted by Crippen LogP contribution is 2.19. The van der Waals surface area contributed by atoms with E-state index < -0.39 is 0 Å². The van der Waals surface area contributed by atoms with E-state index in [1.807, 2.05) is 0 Å². The molecule has 2 heterocycles. The molecule has 2 N–H and O–H groups in total. The van der Waals surface area contributed by atoms with Crippen LogP contribution in [0.1, 0.15) is 5.82 Å². The molecule has 2 rings (SSSR count). The maximum absolute atomic E-state index is 5.43. The van der Waals surface area contributed by atoms with Crippen molar-refractivity contribution in [2.45, 2.75) is 6.61 Å². The molecule has 0 unspecified atom stereocenters. The van der Waals surface area contributed by atoms with E-state index >= 15 is 0 Å². The molecule has 2 aromatic rings. The lowest BCUT2D eigenvalue weighted by molar-refractivity contribution is 0.174. The number of ether oxygens (including phenoxy) is 1. The number of nitrogens with two attached hydrogens (primary N) is 1. The van der Waals surface area contributed by atoms with Crippen LogP contribution in [0.4, 0.5) is 5.82 Å². The van der Waals surface area contributed by atoms with Crippen LogP contribution < -0.4 is 5.73 Å². The van der Waals surface area contributed by atoms with Crippen LogP contribution in [0.5, 0.6) is 0 Å². The Kier molecular flexibility index (Phi) is 2.11. The van der Waals surface area contributed by atoms with Gasteiger partial charge in [-0.05, 0) is 10.3 Å². The van der Waals surface area contributed by atoms with Gasteiger partial charge in [0.05, 0.1) is 0 Å². The van der Waals surface area contributed by atoms with Gasteiger partial charge in [-0.25, -0.2) is 4.63 Å². The third-order valence-electron chi connectivity index (χ3n) is 1.46. The van der Waals surface area contributed by atoms with Gasteiger partial charge in [0.2, 0.25) is 11.5 Å². The lowest BCUT2D eigenvalue weighted by Crippen LogP contribution is -1.91. The molecule has 0 radical (unpaired) electrons. The van der Waals surface area contributed by atoms with Crippen molar-refractivity contribution in [3.63, 3.8) is 0 Å². The van der Waals surface area contributed by atoms with Gasteiger partial charge in [-0.2, -0.15) is 4.98 Å². The van der Waals surface area contributed by atoms with Crippen LogP contribution in [0.2, 0.25) is 0 Å². The Balaban J connectivity index is 2.29. The summed E-state index contributed by atoms with van der Waals surface area (Å²) in [6.45, 7) is 0.259.